The molecule has 0 aliphatic carbocycles. The van der Waals surface area contributed by atoms with Gasteiger partial charge in [-0.3, -0.25) is 4.57 Å². The molecule has 0 heterocycles. The second-order valence-electron chi connectivity index (χ2n) is 3.00. The third-order valence-electron chi connectivity index (χ3n) is 1.85. The molecule has 1 aromatic rings. The fourth-order valence-electron chi connectivity index (χ4n) is 1.05. The first-order valence-corrected chi connectivity index (χ1v) is 6.03. The van der Waals surface area contributed by atoms with Crippen molar-refractivity contribution in [3.05, 3.63) is 41.2 Å². The van der Waals surface area contributed by atoms with Crippen LogP contribution in [0.15, 0.2) is 30.1 Å². The molecular formula is C10H13O3P. The number of rotatable bonds is 3. The summed E-state index contributed by atoms with van der Waals surface area (Å²) in [6.45, 7) is 2.06. The van der Waals surface area contributed by atoms with E-state index in [0.29, 0.717) is 0 Å². The lowest BCUT2D eigenvalue weighted by molar-refractivity contribution is 0.386. The predicted molar refractivity (Wildman–Crippen MR) is 56.9 cm³/mol. The molecule has 0 radical (unpaired) electrons. The molecule has 0 saturated heterocycles. The zero-order valence-corrected chi connectivity index (χ0v) is 8.82. The van der Waals surface area contributed by atoms with Crippen LogP contribution in [0.4, 0.5) is 0 Å². The van der Waals surface area contributed by atoms with Gasteiger partial charge in [-0.1, -0.05) is 31.2 Å². The number of hydrogen-bond acceptors (Lipinski definition) is 1. The van der Waals surface area contributed by atoms with Gasteiger partial charge >= 0.3 is 7.60 Å². The Bertz CT molecular complexity index is 361. The van der Waals surface area contributed by atoms with Gasteiger partial charge in [-0.2, -0.15) is 0 Å². The van der Waals surface area contributed by atoms with Crippen molar-refractivity contribution in [3.63, 3.8) is 0 Å². The minimum Gasteiger partial charge on any atom is -0.321 e. The van der Waals surface area contributed by atoms with Gasteiger partial charge in [0, 0.05) is 5.82 Å². The van der Waals surface area contributed by atoms with E-state index in [4.69, 9.17) is 9.79 Å². The van der Waals surface area contributed by atoms with Crippen LogP contribution >= 0.6 is 7.60 Å². The van der Waals surface area contributed by atoms with E-state index in [1.807, 2.05) is 24.3 Å². The highest BCUT2D eigenvalue weighted by Gasteiger charge is 2.04. The van der Waals surface area contributed by atoms with E-state index in [2.05, 4.69) is 6.92 Å². The van der Waals surface area contributed by atoms with Gasteiger partial charge in [0.05, 0.1) is 0 Å². The van der Waals surface area contributed by atoms with Crippen LogP contribution in [-0.4, -0.2) is 9.79 Å². The monoisotopic (exact) mass is 212 g/mol. The Balaban J connectivity index is 2.79. The molecule has 3 nitrogen and oxygen atoms in total. The molecule has 76 valence electrons. The van der Waals surface area contributed by atoms with Gasteiger partial charge in [0.1, 0.15) is 0 Å². The third kappa shape index (κ3) is 3.88. The smallest absolute Gasteiger partial charge is 0.321 e. The number of aryl methyl sites for hydroxylation is 1. The molecule has 0 amide bonds. The van der Waals surface area contributed by atoms with E-state index >= 15 is 0 Å². The number of benzene rings is 1. The minimum absolute atomic E-state index is 0.797. The van der Waals surface area contributed by atoms with Gasteiger partial charge in [0.2, 0.25) is 0 Å². The fourth-order valence-corrected chi connectivity index (χ4v) is 1.41. The molecule has 1 rings (SSSR count). The molecule has 0 atom stereocenters. The summed E-state index contributed by atoms with van der Waals surface area (Å²) in [6.07, 6.45) is 2.39. The molecule has 0 aliphatic rings. The maximum atomic E-state index is 10.5. The Morgan fingerprint density at radius 3 is 2.29 bits per heavy atom. The van der Waals surface area contributed by atoms with Crippen LogP contribution in [0.3, 0.4) is 0 Å². The van der Waals surface area contributed by atoms with Crippen LogP contribution in [0, 0.1) is 0 Å². The van der Waals surface area contributed by atoms with Crippen molar-refractivity contribution in [3.8, 4) is 0 Å². The summed E-state index contributed by atoms with van der Waals surface area (Å²) in [7, 11) is -4.03. The highest BCUT2D eigenvalue weighted by molar-refractivity contribution is 7.55. The van der Waals surface area contributed by atoms with Gasteiger partial charge in [-0.25, -0.2) is 0 Å². The first-order valence-electron chi connectivity index (χ1n) is 4.34. The van der Waals surface area contributed by atoms with Crippen LogP contribution < -0.4 is 0 Å². The summed E-state index contributed by atoms with van der Waals surface area (Å²) in [4.78, 5) is 17.2. The lowest BCUT2D eigenvalue weighted by Gasteiger charge is -1.98. The maximum Gasteiger partial charge on any atom is 0.349 e. The van der Waals surface area contributed by atoms with Crippen molar-refractivity contribution < 1.29 is 14.4 Å². The highest BCUT2D eigenvalue weighted by Crippen LogP contribution is 2.36. The Morgan fingerprint density at radius 2 is 1.86 bits per heavy atom. The molecule has 1 aromatic carbocycles. The van der Waals surface area contributed by atoms with E-state index in [9.17, 15) is 4.57 Å². The van der Waals surface area contributed by atoms with Crippen molar-refractivity contribution >= 4 is 13.7 Å². The first-order chi connectivity index (χ1) is 6.51. The summed E-state index contributed by atoms with van der Waals surface area (Å²) < 4.78 is 10.5. The standard InChI is InChI=1S/C10H13O3P/c1-2-9-3-5-10(6-4-9)7-8-14(11,12)13/h3-8H,2H2,1H3,(H2,11,12,13)/b8-7+. The molecule has 0 unspecified atom stereocenters. The summed E-state index contributed by atoms with van der Waals surface area (Å²) in [5, 5.41) is 0. The van der Waals surface area contributed by atoms with Gasteiger partial charge in [0.25, 0.3) is 0 Å². The minimum atomic E-state index is -4.03. The molecule has 0 saturated carbocycles. The van der Waals surface area contributed by atoms with Crippen LogP contribution in [0.25, 0.3) is 6.08 Å². The molecule has 0 aromatic heterocycles. The molecular weight excluding hydrogens is 199 g/mol. The van der Waals surface area contributed by atoms with E-state index < -0.39 is 7.60 Å². The second kappa shape index (κ2) is 4.56. The zero-order valence-electron chi connectivity index (χ0n) is 7.92. The van der Waals surface area contributed by atoms with Crippen LogP contribution in [0.5, 0.6) is 0 Å². The highest BCUT2D eigenvalue weighted by atomic mass is 31.2. The quantitative estimate of drug-likeness (QED) is 0.756. The molecule has 2 N–H and O–H groups in total. The van der Waals surface area contributed by atoms with Crippen molar-refractivity contribution in [1.82, 2.24) is 0 Å². The summed E-state index contributed by atoms with van der Waals surface area (Å²) >= 11 is 0. The Kier molecular flexibility index (Phi) is 3.64. The molecule has 4 heteroatoms. The number of hydrogen-bond donors (Lipinski definition) is 2. The van der Waals surface area contributed by atoms with Crippen molar-refractivity contribution in [2.24, 2.45) is 0 Å². The van der Waals surface area contributed by atoms with E-state index in [-0.39, 0.29) is 0 Å². The Labute approximate surface area is 83.3 Å². The van der Waals surface area contributed by atoms with Gasteiger partial charge in [-0.05, 0) is 23.6 Å². The van der Waals surface area contributed by atoms with Crippen molar-refractivity contribution in [2.45, 2.75) is 13.3 Å². The summed E-state index contributed by atoms with van der Waals surface area (Å²) in [5.41, 5.74) is 2.00. The van der Waals surface area contributed by atoms with E-state index in [0.717, 1.165) is 17.8 Å². The zero-order chi connectivity index (χ0) is 10.6. The largest absolute Gasteiger partial charge is 0.349 e. The first kappa shape index (κ1) is 11.2. The second-order valence-corrected chi connectivity index (χ2v) is 4.48. The van der Waals surface area contributed by atoms with Gasteiger partial charge < -0.3 is 9.79 Å². The normalized spacial score (nSPS) is 12.2. The third-order valence-corrected chi connectivity index (χ3v) is 2.39. The average molecular weight is 212 g/mol. The SMILES string of the molecule is CCc1ccc(/C=C/P(=O)(O)O)cc1. The Hall–Kier alpha value is -0.890. The predicted octanol–water partition coefficient (Wildman–Crippen LogP) is 2.40. The fraction of sp³-hybridized carbons (Fsp3) is 0.200. The average Bonchev–Trinajstić information content (AvgIpc) is 2.14. The van der Waals surface area contributed by atoms with Crippen molar-refractivity contribution in [1.29, 1.82) is 0 Å². The summed E-state index contributed by atoms with van der Waals surface area (Å²) in [5.74, 6) is 0.911. The van der Waals surface area contributed by atoms with Crippen LogP contribution in [0.1, 0.15) is 18.1 Å². The molecule has 0 fully saturated rings. The maximum absolute atomic E-state index is 10.5. The topological polar surface area (TPSA) is 57.5 Å². The molecule has 14 heavy (non-hydrogen) atoms. The van der Waals surface area contributed by atoms with Gasteiger partial charge in [0.15, 0.2) is 0 Å². The lowest BCUT2D eigenvalue weighted by atomic mass is 10.1. The van der Waals surface area contributed by atoms with Crippen LogP contribution in [0.2, 0.25) is 0 Å². The lowest BCUT2D eigenvalue weighted by Crippen LogP contribution is -1.79. The van der Waals surface area contributed by atoms with E-state index in [1.54, 1.807) is 0 Å². The van der Waals surface area contributed by atoms with Crippen LogP contribution in [-0.2, 0) is 11.0 Å². The summed E-state index contributed by atoms with van der Waals surface area (Å²) in [6, 6.07) is 7.56. The van der Waals surface area contributed by atoms with Gasteiger partial charge in [-0.15, -0.1) is 0 Å². The molecule has 0 bridgehead atoms. The van der Waals surface area contributed by atoms with E-state index in [1.165, 1.54) is 11.6 Å². The van der Waals surface area contributed by atoms with Crippen molar-refractivity contribution in [2.75, 3.05) is 0 Å². The Morgan fingerprint density at radius 1 is 1.29 bits per heavy atom. The molecule has 0 aliphatic heterocycles. The molecule has 0 spiro atoms.